The van der Waals surface area contributed by atoms with Crippen LogP contribution in [0.3, 0.4) is 0 Å². The van der Waals surface area contributed by atoms with Gasteiger partial charge in [0.2, 0.25) is 5.91 Å². The van der Waals surface area contributed by atoms with Crippen molar-refractivity contribution in [3.63, 3.8) is 0 Å². The molecule has 2 aromatic rings. The molecule has 1 atom stereocenters. The van der Waals surface area contributed by atoms with Gasteiger partial charge in [-0.1, -0.05) is 12.1 Å². The number of anilines is 1. The monoisotopic (exact) mass is 343 g/mol. The van der Waals surface area contributed by atoms with E-state index >= 15 is 0 Å². The van der Waals surface area contributed by atoms with Gasteiger partial charge < -0.3 is 19.4 Å². The van der Waals surface area contributed by atoms with Crippen molar-refractivity contribution in [2.24, 2.45) is 0 Å². The van der Waals surface area contributed by atoms with Crippen LogP contribution in [0.25, 0.3) is 0 Å². The van der Waals surface area contributed by atoms with Crippen molar-refractivity contribution in [2.75, 3.05) is 38.1 Å². The molecule has 1 N–H and O–H groups in total. The maximum atomic E-state index is 12.1. The van der Waals surface area contributed by atoms with E-state index < -0.39 is 0 Å². The minimum atomic E-state index is -0.0255. The molecule has 1 aromatic carbocycles. The van der Waals surface area contributed by atoms with E-state index in [1.165, 1.54) is 0 Å². The van der Waals surface area contributed by atoms with Crippen LogP contribution in [0.15, 0.2) is 47.1 Å². The van der Waals surface area contributed by atoms with E-state index in [4.69, 9.17) is 9.15 Å². The zero-order valence-corrected chi connectivity index (χ0v) is 14.8. The van der Waals surface area contributed by atoms with Crippen molar-refractivity contribution in [3.8, 4) is 5.75 Å². The fourth-order valence-electron chi connectivity index (χ4n) is 3.09. The predicted octanol–water partition coefficient (Wildman–Crippen LogP) is 2.12. The van der Waals surface area contributed by atoms with E-state index in [-0.39, 0.29) is 12.0 Å². The number of fused-ring (bicyclic) bond motifs is 1. The number of nitrogens with zero attached hydrogens (tertiary/aromatic N) is 2. The maximum absolute atomic E-state index is 12.1. The van der Waals surface area contributed by atoms with Gasteiger partial charge in [0.1, 0.15) is 17.6 Å². The topological polar surface area (TPSA) is 58.0 Å². The molecule has 6 heteroatoms. The van der Waals surface area contributed by atoms with Crippen LogP contribution in [0, 0.1) is 0 Å². The first-order chi connectivity index (χ1) is 12.2. The number of nitrogens with one attached hydrogen (secondary N) is 1. The molecule has 0 radical (unpaired) electrons. The van der Waals surface area contributed by atoms with Gasteiger partial charge in [-0.15, -0.1) is 0 Å². The zero-order valence-electron chi connectivity index (χ0n) is 14.8. The van der Waals surface area contributed by atoms with Crippen LogP contribution in [-0.2, 0) is 11.3 Å². The lowest BCUT2D eigenvalue weighted by Gasteiger charge is -2.37. The van der Waals surface area contributed by atoms with Crippen molar-refractivity contribution in [2.45, 2.75) is 19.6 Å². The molecule has 0 bridgehead atoms. The van der Waals surface area contributed by atoms with Gasteiger partial charge in [0.05, 0.1) is 31.6 Å². The second-order valence-electron chi connectivity index (χ2n) is 6.30. The van der Waals surface area contributed by atoms with Crippen LogP contribution in [0.4, 0.5) is 5.69 Å². The number of carbonyl (C=O) groups excluding carboxylic acids is 1. The first-order valence-corrected chi connectivity index (χ1v) is 8.64. The summed E-state index contributed by atoms with van der Waals surface area (Å²) in [4.78, 5) is 16.4. The summed E-state index contributed by atoms with van der Waals surface area (Å²) in [6.45, 7) is 5.34. The highest BCUT2D eigenvalue weighted by molar-refractivity contribution is 5.77. The molecule has 0 saturated heterocycles. The molecule has 0 spiro atoms. The molecular formula is C19H25N3O3. The Bertz CT molecular complexity index is 687. The third kappa shape index (κ3) is 4.54. The number of ether oxygens (including phenoxy) is 1. The molecule has 0 saturated carbocycles. The number of likely N-dealkylation sites (N-methyl/N-ethyl adjacent to an activating group) is 2. The van der Waals surface area contributed by atoms with Crippen molar-refractivity contribution < 1.29 is 13.9 Å². The number of para-hydroxylation sites is 2. The average molecular weight is 343 g/mol. The van der Waals surface area contributed by atoms with Gasteiger partial charge in [0.15, 0.2) is 0 Å². The summed E-state index contributed by atoms with van der Waals surface area (Å²) >= 11 is 0. The standard InChI is InChI=1S/C19H25N3O3/c1-3-22-13-16(25-18-9-5-4-8-17(18)22)12-21(2)14-19(23)20-11-15-7-6-10-24-15/h4-10,16H,3,11-14H2,1-2H3,(H,20,23)/t16-/m1/s1. The molecular weight excluding hydrogens is 318 g/mol. The zero-order chi connectivity index (χ0) is 17.6. The number of rotatable bonds is 7. The minimum Gasteiger partial charge on any atom is -0.485 e. The average Bonchev–Trinajstić information content (AvgIpc) is 3.12. The maximum Gasteiger partial charge on any atom is 0.234 e. The van der Waals surface area contributed by atoms with Gasteiger partial charge in [-0.05, 0) is 38.2 Å². The second-order valence-corrected chi connectivity index (χ2v) is 6.30. The SMILES string of the molecule is CCN1C[C@@H](CN(C)CC(=O)NCc2ccco2)Oc2ccccc21. The Balaban J connectivity index is 1.49. The van der Waals surface area contributed by atoms with Crippen LogP contribution < -0.4 is 15.0 Å². The summed E-state index contributed by atoms with van der Waals surface area (Å²) in [5.74, 6) is 1.64. The number of benzene rings is 1. The Hall–Kier alpha value is -2.47. The Morgan fingerprint density at radius 3 is 2.92 bits per heavy atom. The largest absolute Gasteiger partial charge is 0.485 e. The van der Waals surface area contributed by atoms with E-state index in [2.05, 4.69) is 23.2 Å². The van der Waals surface area contributed by atoms with E-state index in [1.54, 1.807) is 6.26 Å². The van der Waals surface area contributed by atoms with Gasteiger partial charge in [-0.2, -0.15) is 0 Å². The number of hydrogen-bond acceptors (Lipinski definition) is 5. The summed E-state index contributed by atoms with van der Waals surface area (Å²) in [6, 6.07) is 11.8. The lowest BCUT2D eigenvalue weighted by Crippen LogP contribution is -2.47. The molecule has 134 valence electrons. The van der Waals surface area contributed by atoms with E-state index in [1.807, 2.05) is 42.3 Å². The summed E-state index contributed by atoms with van der Waals surface area (Å²) < 4.78 is 11.3. The van der Waals surface area contributed by atoms with Crippen LogP contribution in [-0.4, -0.2) is 50.1 Å². The van der Waals surface area contributed by atoms with Crippen LogP contribution in [0.1, 0.15) is 12.7 Å². The van der Waals surface area contributed by atoms with Gasteiger partial charge >= 0.3 is 0 Å². The summed E-state index contributed by atoms with van der Waals surface area (Å²) in [7, 11) is 1.94. The summed E-state index contributed by atoms with van der Waals surface area (Å²) in [5.41, 5.74) is 1.14. The molecule has 1 amide bonds. The third-order valence-electron chi connectivity index (χ3n) is 4.27. The van der Waals surface area contributed by atoms with Crippen LogP contribution >= 0.6 is 0 Å². The highest BCUT2D eigenvalue weighted by atomic mass is 16.5. The number of hydrogen-bond donors (Lipinski definition) is 1. The predicted molar refractivity (Wildman–Crippen MR) is 96.8 cm³/mol. The first kappa shape index (κ1) is 17.4. The van der Waals surface area contributed by atoms with E-state index in [9.17, 15) is 4.79 Å². The smallest absolute Gasteiger partial charge is 0.234 e. The van der Waals surface area contributed by atoms with Crippen molar-refractivity contribution in [1.29, 1.82) is 0 Å². The van der Waals surface area contributed by atoms with E-state index in [0.717, 1.165) is 30.3 Å². The molecule has 2 heterocycles. The summed E-state index contributed by atoms with van der Waals surface area (Å²) in [5, 5.41) is 2.86. The van der Waals surface area contributed by atoms with Gasteiger partial charge in [0, 0.05) is 13.1 Å². The van der Waals surface area contributed by atoms with Gasteiger partial charge in [0.25, 0.3) is 0 Å². The fraction of sp³-hybridized carbons (Fsp3) is 0.421. The lowest BCUT2D eigenvalue weighted by atomic mass is 10.2. The molecule has 0 aliphatic carbocycles. The van der Waals surface area contributed by atoms with Crippen LogP contribution in [0.5, 0.6) is 5.75 Å². The highest BCUT2D eigenvalue weighted by Crippen LogP contribution is 2.32. The number of furan rings is 1. The third-order valence-corrected chi connectivity index (χ3v) is 4.27. The van der Waals surface area contributed by atoms with Crippen molar-refractivity contribution in [3.05, 3.63) is 48.4 Å². The molecule has 0 unspecified atom stereocenters. The molecule has 3 rings (SSSR count). The van der Waals surface area contributed by atoms with Gasteiger partial charge in [-0.3, -0.25) is 9.69 Å². The minimum absolute atomic E-state index is 0.0255. The van der Waals surface area contributed by atoms with Crippen molar-refractivity contribution >= 4 is 11.6 Å². The quantitative estimate of drug-likeness (QED) is 0.834. The molecule has 1 aromatic heterocycles. The van der Waals surface area contributed by atoms with Gasteiger partial charge in [-0.25, -0.2) is 0 Å². The number of carbonyl (C=O) groups is 1. The Labute approximate surface area is 148 Å². The number of amides is 1. The molecule has 1 aliphatic rings. The summed E-state index contributed by atoms with van der Waals surface area (Å²) in [6.07, 6.45) is 1.64. The Kier molecular flexibility index (Phi) is 5.60. The lowest BCUT2D eigenvalue weighted by molar-refractivity contribution is -0.122. The Morgan fingerprint density at radius 2 is 2.16 bits per heavy atom. The normalized spacial score (nSPS) is 16.4. The molecule has 25 heavy (non-hydrogen) atoms. The fourth-order valence-corrected chi connectivity index (χ4v) is 3.09. The first-order valence-electron chi connectivity index (χ1n) is 8.64. The van der Waals surface area contributed by atoms with Crippen LogP contribution in [0.2, 0.25) is 0 Å². The van der Waals surface area contributed by atoms with Crippen molar-refractivity contribution in [1.82, 2.24) is 10.2 Å². The highest BCUT2D eigenvalue weighted by Gasteiger charge is 2.25. The molecule has 0 fully saturated rings. The van der Waals surface area contributed by atoms with E-state index in [0.29, 0.717) is 19.6 Å². The Morgan fingerprint density at radius 1 is 1.32 bits per heavy atom. The second kappa shape index (κ2) is 8.07. The molecule has 1 aliphatic heterocycles. The molecule has 6 nitrogen and oxygen atoms in total.